The highest BCUT2D eigenvalue weighted by Gasteiger charge is 2.23. The van der Waals surface area contributed by atoms with E-state index in [4.69, 9.17) is 4.74 Å². The number of benzene rings is 1. The number of hydrogen-bond acceptors (Lipinski definition) is 5. The Morgan fingerprint density at radius 2 is 1.94 bits per heavy atom. The van der Waals surface area contributed by atoms with Crippen LogP contribution >= 0.6 is 35.3 Å². The number of hydrogen-bond donors (Lipinski definition) is 2. The normalized spacial score (nSPS) is 15.7. The highest BCUT2D eigenvalue weighted by molar-refractivity contribution is 14.0. The van der Waals surface area contributed by atoms with Gasteiger partial charge in [-0.05, 0) is 28.6 Å². The van der Waals surface area contributed by atoms with Gasteiger partial charge in [0.05, 0.1) is 25.8 Å². The van der Waals surface area contributed by atoms with Gasteiger partial charge >= 0.3 is 0 Å². The van der Waals surface area contributed by atoms with E-state index in [0.29, 0.717) is 12.6 Å². The van der Waals surface area contributed by atoms with Crippen LogP contribution in [0.3, 0.4) is 0 Å². The first-order valence-corrected chi connectivity index (χ1v) is 11.6. The van der Waals surface area contributed by atoms with Crippen molar-refractivity contribution in [3.05, 3.63) is 76.2 Å². The maximum atomic E-state index is 5.55. The van der Waals surface area contributed by atoms with Crippen LogP contribution in [-0.4, -0.2) is 60.5 Å². The molecule has 9 heteroatoms. The van der Waals surface area contributed by atoms with Gasteiger partial charge < -0.3 is 15.4 Å². The SMILES string of the molecule is CN=C(NCc1ccccc1Cn1cccn1)NCC(c1cccs1)N1CCOCC1.I. The number of nitrogens with one attached hydrogen (secondary N) is 2. The van der Waals surface area contributed by atoms with E-state index in [1.807, 2.05) is 30.2 Å². The molecule has 3 heterocycles. The summed E-state index contributed by atoms with van der Waals surface area (Å²) in [5, 5.41) is 13.5. The zero-order valence-corrected chi connectivity index (χ0v) is 21.5. The topological polar surface area (TPSA) is 66.7 Å². The van der Waals surface area contributed by atoms with E-state index in [2.05, 4.69) is 67.4 Å². The van der Waals surface area contributed by atoms with Crippen LogP contribution in [0.4, 0.5) is 0 Å². The van der Waals surface area contributed by atoms with Gasteiger partial charge in [0.15, 0.2) is 5.96 Å². The van der Waals surface area contributed by atoms with Crippen LogP contribution in [0, 0.1) is 0 Å². The van der Waals surface area contributed by atoms with E-state index < -0.39 is 0 Å². The second-order valence-electron chi connectivity index (χ2n) is 7.46. The number of halogens is 1. The van der Waals surface area contributed by atoms with Gasteiger partial charge in [-0.3, -0.25) is 14.6 Å². The molecule has 0 radical (unpaired) electrons. The van der Waals surface area contributed by atoms with Gasteiger partial charge in [-0.2, -0.15) is 5.10 Å². The van der Waals surface area contributed by atoms with Gasteiger partial charge in [0.1, 0.15) is 0 Å². The van der Waals surface area contributed by atoms with Gasteiger partial charge in [-0.1, -0.05) is 30.3 Å². The van der Waals surface area contributed by atoms with E-state index >= 15 is 0 Å². The minimum absolute atomic E-state index is 0. The third-order valence-electron chi connectivity index (χ3n) is 5.50. The molecule has 32 heavy (non-hydrogen) atoms. The molecule has 4 rings (SSSR count). The minimum atomic E-state index is 0. The van der Waals surface area contributed by atoms with E-state index in [-0.39, 0.29) is 24.0 Å². The zero-order valence-electron chi connectivity index (χ0n) is 18.3. The number of guanidine groups is 1. The van der Waals surface area contributed by atoms with E-state index in [0.717, 1.165) is 45.4 Å². The van der Waals surface area contributed by atoms with Crippen LogP contribution in [0.2, 0.25) is 0 Å². The zero-order chi connectivity index (χ0) is 21.3. The molecule has 1 aromatic carbocycles. The van der Waals surface area contributed by atoms with E-state index in [1.165, 1.54) is 16.0 Å². The molecule has 2 aromatic heterocycles. The Balaban J connectivity index is 0.00000289. The molecule has 1 fully saturated rings. The lowest BCUT2D eigenvalue weighted by Gasteiger charge is -2.34. The van der Waals surface area contributed by atoms with Crippen LogP contribution in [0.1, 0.15) is 22.0 Å². The monoisotopic (exact) mass is 566 g/mol. The third kappa shape index (κ3) is 6.77. The summed E-state index contributed by atoms with van der Waals surface area (Å²) in [6.45, 7) is 5.76. The predicted molar refractivity (Wildman–Crippen MR) is 141 cm³/mol. The quantitative estimate of drug-likeness (QED) is 0.249. The summed E-state index contributed by atoms with van der Waals surface area (Å²) in [5.41, 5.74) is 2.49. The Morgan fingerprint density at radius 1 is 1.12 bits per heavy atom. The number of thiophene rings is 1. The van der Waals surface area contributed by atoms with Crippen molar-refractivity contribution in [2.45, 2.75) is 19.1 Å². The summed E-state index contributed by atoms with van der Waals surface area (Å²) < 4.78 is 7.49. The Hall–Kier alpha value is -1.95. The molecule has 0 aliphatic carbocycles. The van der Waals surface area contributed by atoms with Crippen LogP contribution in [0.25, 0.3) is 0 Å². The molecule has 0 spiro atoms. The summed E-state index contributed by atoms with van der Waals surface area (Å²) in [6, 6.07) is 15.1. The van der Waals surface area contributed by atoms with Crippen molar-refractivity contribution in [2.75, 3.05) is 39.9 Å². The Labute approximate surface area is 210 Å². The molecule has 0 bridgehead atoms. The number of rotatable bonds is 8. The maximum Gasteiger partial charge on any atom is 0.191 e. The summed E-state index contributed by atoms with van der Waals surface area (Å²) >= 11 is 1.81. The fourth-order valence-corrected chi connectivity index (χ4v) is 4.69. The number of aromatic nitrogens is 2. The fourth-order valence-electron chi connectivity index (χ4n) is 3.83. The molecule has 2 N–H and O–H groups in total. The smallest absolute Gasteiger partial charge is 0.191 e. The average Bonchev–Trinajstić information content (AvgIpc) is 3.52. The lowest BCUT2D eigenvalue weighted by Crippen LogP contribution is -2.46. The first kappa shape index (κ1) is 24.7. The van der Waals surface area contributed by atoms with Crippen molar-refractivity contribution in [3.8, 4) is 0 Å². The molecular weight excluding hydrogens is 535 g/mol. The maximum absolute atomic E-state index is 5.55. The molecule has 7 nitrogen and oxygen atoms in total. The second kappa shape index (κ2) is 12.9. The number of aliphatic imine (C=N–C) groups is 1. The molecule has 172 valence electrons. The van der Waals surface area contributed by atoms with E-state index in [1.54, 1.807) is 11.3 Å². The number of morpholine rings is 1. The lowest BCUT2D eigenvalue weighted by atomic mass is 10.1. The predicted octanol–water partition coefficient (Wildman–Crippen LogP) is 3.35. The van der Waals surface area contributed by atoms with Crippen LogP contribution in [0.5, 0.6) is 0 Å². The third-order valence-corrected chi connectivity index (χ3v) is 6.47. The first-order valence-electron chi connectivity index (χ1n) is 10.7. The van der Waals surface area contributed by atoms with Crippen molar-refractivity contribution in [2.24, 2.45) is 4.99 Å². The van der Waals surface area contributed by atoms with Gasteiger partial charge in [-0.25, -0.2) is 0 Å². The van der Waals surface area contributed by atoms with Crippen LogP contribution in [0.15, 0.2) is 65.2 Å². The van der Waals surface area contributed by atoms with Crippen molar-refractivity contribution in [1.82, 2.24) is 25.3 Å². The molecule has 0 amide bonds. The van der Waals surface area contributed by atoms with Crippen LogP contribution in [-0.2, 0) is 17.8 Å². The highest BCUT2D eigenvalue weighted by atomic mass is 127. The molecule has 0 saturated carbocycles. The first-order chi connectivity index (χ1) is 15.3. The standard InChI is InChI=1S/C23H30N6OS.HI/c1-24-23(25-16-19-6-2-3-7-20(19)18-29-10-5-9-27-29)26-17-21(22-8-4-15-31-22)28-11-13-30-14-12-28;/h2-10,15,21H,11-14,16-18H2,1H3,(H2,24,25,26);1H. The van der Waals surface area contributed by atoms with Crippen LogP contribution < -0.4 is 10.6 Å². The molecule has 1 aliphatic heterocycles. The van der Waals surface area contributed by atoms with Crippen molar-refractivity contribution >= 4 is 41.3 Å². The Bertz CT molecular complexity index is 941. The summed E-state index contributed by atoms with van der Waals surface area (Å²) in [4.78, 5) is 8.31. The minimum Gasteiger partial charge on any atom is -0.379 e. The summed E-state index contributed by atoms with van der Waals surface area (Å²) in [7, 11) is 1.82. The van der Waals surface area contributed by atoms with Gasteiger partial charge in [0, 0.05) is 50.5 Å². The number of nitrogens with zero attached hydrogens (tertiary/aromatic N) is 4. The Morgan fingerprint density at radius 3 is 2.62 bits per heavy atom. The largest absolute Gasteiger partial charge is 0.379 e. The Kier molecular flexibility index (Phi) is 9.97. The van der Waals surface area contributed by atoms with Crippen molar-refractivity contribution in [3.63, 3.8) is 0 Å². The lowest BCUT2D eigenvalue weighted by molar-refractivity contribution is 0.0177. The van der Waals surface area contributed by atoms with Gasteiger partial charge in [0.25, 0.3) is 0 Å². The molecule has 1 unspecified atom stereocenters. The highest BCUT2D eigenvalue weighted by Crippen LogP contribution is 2.25. The summed E-state index contributed by atoms with van der Waals surface area (Å²) in [5.74, 6) is 0.809. The second-order valence-corrected chi connectivity index (χ2v) is 8.44. The van der Waals surface area contributed by atoms with E-state index in [9.17, 15) is 0 Å². The molecule has 1 saturated heterocycles. The molecule has 3 aromatic rings. The fraction of sp³-hybridized carbons (Fsp3) is 0.391. The van der Waals surface area contributed by atoms with Crippen molar-refractivity contribution < 1.29 is 4.74 Å². The summed E-state index contributed by atoms with van der Waals surface area (Å²) in [6.07, 6.45) is 3.80. The molecule has 1 atom stereocenters. The molecule has 1 aliphatic rings. The molecular formula is C23H31IN6OS. The number of ether oxygens (including phenoxy) is 1. The van der Waals surface area contributed by atoms with Gasteiger partial charge in [-0.15, -0.1) is 35.3 Å². The van der Waals surface area contributed by atoms with Crippen molar-refractivity contribution in [1.29, 1.82) is 0 Å². The average molecular weight is 567 g/mol. The van der Waals surface area contributed by atoms with Gasteiger partial charge in [0.2, 0.25) is 0 Å².